The van der Waals surface area contributed by atoms with Gasteiger partial charge in [-0.15, -0.1) is 0 Å². The summed E-state index contributed by atoms with van der Waals surface area (Å²) in [6.07, 6.45) is 4.15. The molecule has 0 unspecified atom stereocenters. The fraction of sp³-hybridized carbons (Fsp3) is 0.375. The zero-order valence-electron chi connectivity index (χ0n) is 24.3. The Labute approximate surface area is 257 Å². The minimum Gasteiger partial charge on any atom is -0.494 e. The number of benzene rings is 3. The summed E-state index contributed by atoms with van der Waals surface area (Å²) < 4.78 is 48.2. The minimum atomic E-state index is -4.29. The number of nitrogens with zero attached hydrogens (tertiary/aromatic N) is 2. The number of sulfonamides is 1. The molecule has 1 N–H and O–H groups in total. The summed E-state index contributed by atoms with van der Waals surface area (Å²) in [6.45, 7) is 3.50. The molecule has 0 saturated heterocycles. The average molecular weight is 630 g/mol. The molecule has 0 aliphatic heterocycles. The van der Waals surface area contributed by atoms with Gasteiger partial charge in [0.15, 0.2) is 0 Å². The van der Waals surface area contributed by atoms with Crippen molar-refractivity contribution in [3.8, 4) is 5.75 Å². The van der Waals surface area contributed by atoms with Gasteiger partial charge in [-0.25, -0.2) is 12.8 Å². The van der Waals surface area contributed by atoms with E-state index in [0.29, 0.717) is 23.8 Å². The van der Waals surface area contributed by atoms with Crippen LogP contribution in [0, 0.1) is 5.82 Å². The van der Waals surface area contributed by atoms with Gasteiger partial charge >= 0.3 is 0 Å². The first-order valence-corrected chi connectivity index (χ1v) is 16.3. The standard InChI is InChI=1S/C32H37ClFN3O5S/c1-3-30(32(39)35-26-7-5-6-8-26)36(21-23-9-11-24(33)12-10-23)31(38)22-37(27-15-13-25(34)14-16-27)43(40,41)29-19-17-28(18-20-29)42-4-2/h9-20,26,30H,3-8,21-22H2,1-2H3,(H,35,39)/t30-/m0/s1. The molecule has 0 spiro atoms. The monoisotopic (exact) mass is 629 g/mol. The Morgan fingerprint density at radius 2 is 1.60 bits per heavy atom. The van der Waals surface area contributed by atoms with Crippen molar-refractivity contribution in [2.24, 2.45) is 0 Å². The maximum atomic E-state index is 14.1. The Morgan fingerprint density at radius 3 is 2.19 bits per heavy atom. The molecule has 1 saturated carbocycles. The third-order valence-corrected chi connectivity index (χ3v) is 9.51. The summed E-state index contributed by atoms with van der Waals surface area (Å²) in [6, 6.07) is 16.9. The molecule has 43 heavy (non-hydrogen) atoms. The molecular weight excluding hydrogens is 593 g/mol. The average Bonchev–Trinajstić information content (AvgIpc) is 3.50. The summed E-state index contributed by atoms with van der Waals surface area (Å²) >= 11 is 6.08. The molecule has 3 aromatic carbocycles. The lowest BCUT2D eigenvalue weighted by molar-refractivity contribution is -0.140. The fourth-order valence-corrected chi connectivity index (χ4v) is 6.75. The number of ether oxygens (including phenoxy) is 1. The molecule has 8 nitrogen and oxygen atoms in total. The van der Waals surface area contributed by atoms with Gasteiger partial charge in [-0.3, -0.25) is 13.9 Å². The highest BCUT2D eigenvalue weighted by atomic mass is 35.5. The van der Waals surface area contributed by atoms with Gasteiger partial charge < -0.3 is 15.0 Å². The van der Waals surface area contributed by atoms with Crippen molar-refractivity contribution in [3.05, 3.63) is 89.2 Å². The van der Waals surface area contributed by atoms with Crippen LogP contribution < -0.4 is 14.4 Å². The largest absolute Gasteiger partial charge is 0.494 e. The van der Waals surface area contributed by atoms with E-state index in [1.54, 1.807) is 24.3 Å². The Hall–Kier alpha value is -3.63. The van der Waals surface area contributed by atoms with E-state index in [-0.39, 0.29) is 29.1 Å². The molecule has 230 valence electrons. The van der Waals surface area contributed by atoms with Gasteiger partial charge in [-0.1, -0.05) is 43.5 Å². The van der Waals surface area contributed by atoms with Crippen molar-refractivity contribution in [3.63, 3.8) is 0 Å². The van der Waals surface area contributed by atoms with Gasteiger partial charge in [0.1, 0.15) is 24.2 Å². The van der Waals surface area contributed by atoms with Crippen LogP contribution in [0.1, 0.15) is 51.5 Å². The van der Waals surface area contributed by atoms with Crippen LogP contribution >= 0.6 is 11.6 Å². The third kappa shape index (κ3) is 8.26. The summed E-state index contributed by atoms with van der Waals surface area (Å²) in [5, 5.41) is 3.61. The van der Waals surface area contributed by atoms with Crippen LogP contribution in [0.2, 0.25) is 5.02 Å². The van der Waals surface area contributed by atoms with Crippen LogP contribution in [-0.4, -0.2) is 50.4 Å². The highest BCUT2D eigenvalue weighted by Crippen LogP contribution is 2.27. The Kier molecular flexibility index (Phi) is 11.0. The van der Waals surface area contributed by atoms with E-state index in [1.165, 1.54) is 41.3 Å². The number of carbonyl (C=O) groups excluding carboxylic acids is 2. The molecule has 4 rings (SSSR count). The lowest BCUT2D eigenvalue weighted by Crippen LogP contribution is -2.53. The van der Waals surface area contributed by atoms with Crippen molar-refractivity contribution < 1.29 is 27.1 Å². The van der Waals surface area contributed by atoms with Crippen LogP contribution in [0.4, 0.5) is 10.1 Å². The molecule has 0 heterocycles. The summed E-state index contributed by atoms with van der Waals surface area (Å²) in [5.74, 6) is -0.909. The lowest BCUT2D eigenvalue weighted by atomic mass is 10.1. The molecule has 2 amide bonds. The quantitative estimate of drug-likeness (QED) is 0.253. The van der Waals surface area contributed by atoms with Gasteiger partial charge in [0.25, 0.3) is 10.0 Å². The van der Waals surface area contributed by atoms with Gasteiger partial charge in [0, 0.05) is 17.6 Å². The number of hydrogen-bond donors (Lipinski definition) is 1. The minimum absolute atomic E-state index is 0.0461. The van der Waals surface area contributed by atoms with E-state index in [0.717, 1.165) is 47.7 Å². The van der Waals surface area contributed by atoms with Gasteiger partial charge in [0.2, 0.25) is 11.8 Å². The van der Waals surface area contributed by atoms with E-state index >= 15 is 0 Å². The van der Waals surface area contributed by atoms with Gasteiger partial charge in [-0.2, -0.15) is 0 Å². The van der Waals surface area contributed by atoms with Crippen molar-refractivity contribution >= 4 is 39.1 Å². The first-order chi connectivity index (χ1) is 20.6. The van der Waals surface area contributed by atoms with Crippen molar-refractivity contribution in [1.29, 1.82) is 0 Å². The molecule has 0 bridgehead atoms. The number of halogens is 2. The molecule has 1 atom stereocenters. The van der Waals surface area contributed by atoms with E-state index in [9.17, 15) is 22.4 Å². The predicted octanol–water partition coefficient (Wildman–Crippen LogP) is 5.94. The third-order valence-electron chi connectivity index (χ3n) is 7.47. The molecule has 1 aliphatic rings. The van der Waals surface area contributed by atoms with Crippen LogP contribution in [0.5, 0.6) is 5.75 Å². The normalized spacial score (nSPS) is 14.2. The SMILES string of the molecule is CCOc1ccc(S(=O)(=O)N(CC(=O)N(Cc2ccc(Cl)cc2)[C@@H](CC)C(=O)NC2CCCC2)c2ccc(F)cc2)cc1. The zero-order chi connectivity index (χ0) is 31.0. The molecule has 3 aromatic rings. The summed E-state index contributed by atoms with van der Waals surface area (Å²) in [5.41, 5.74) is 0.839. The maximum Gasteiger partial charge on any atom is 0.264 e. The Morgan fingerprint density at radius 1 is 0.977 bits per heavy atom. The second-order valence-corrected chi connectivity index (χ2v) is 12.8. The Balaban J connectivity index is 1.70. The molecule has 0 radical (unpaired) electrons. The lowest BCUT2D eigenvalue weighted by Gasteiger charge is -2.33. The highest BCUT2D eigenvalue weighted by Gasteiger charge is 2.34. The number of nitrogens with one attached hydrogen (secondary N) is 1. The number of rotatable bonds is 13. The molecule has 11 heteroatoms. The first-order valence-electron chi connectivity index (χ1n) is 14.5. The topological polar surface area (TPSA) is 96.0 Å². The second-order valence-electron chi connectivity index (χ2n) is 10.5. The number of amides is 2. The molecule has 1 aliphatic carbocycles. The van der Waals surface area contributed by atoms with E-state index in [4.69, 9.17) is 16.3 Å². The predicted molar refractivity (Wildman–Crippen MR) is 165 cm³/mol. The van der Waals surface area contributed by atoms with E-state index < -0.39 is 34.3 Å². The first kappa shape index (κ1) is 32.3. The highest BCUT2D eigenvalue weighted by molar-refractivity contribution is 7.92. The number of anilines is 1. The molecular formula is C32H37ClFN3O5S. The second kappa shape index (κ2) is 14.7. The van der Waals surface area contributed by atoms with Crippen LogP contribution in [0.25, 0.3) is 0 Å². The van der Waals surface area contributed by atoms with Crippen LogP contribution in [0.15, 0.2) is 77.7 Å². The van der Waals surface area contributed by atoms with Crippen molar-refractivity contribution in [1.82, 2.24) is 10.2 Å². The molecule has 1 fully saturated rings. The summed E-state index contributed by atoms with van der Waals surface area (Å²) in [4.78, 5) is 29.0. The van der Waals surface area contributed by atoms with Gasteiger partial charge in [0.05, 0.1) is 17.2 Å². The van der Waals surface area contributed by atoms with E-state index in [1.807, 2.05) is 13.8 Å². The van der Waals surface area contributed by atoms with Gasteiger partial charge in [-0.05, 0) is 92.4 Å². The molecule has 0 aromatic heterocycles. The smallest absolute Gasteiger partial charge is 0.264 e. The van der Waals surface area contributed by atoms with E-state index in [2.05, 4.69) is 5.32 Å². The summed E-state index contributed by atoms with van der Waals surface area (Å²) in [7, 11) is -4.29. The van der Waals surface area contributed by atoms with Crippen LogP contribution in [-0.2, 0) is 26.2 Å². The number of hydrogen-bond acceptors (Lipinski definition) is 5. The van der Waals surface area contributed by atoms with Crippen molar-refractivity contribution in [2.75, 3.05) is 17.5 Å². The van der Waals surface area contributed by atoms with Crippen molar-refractivity contribution in [2.45, 2.75) is 69.5 Å². The van der Waals surface area contributed by atoms with Crippen LogP contribution in [0.3, 0.4) is 0 Å². The fourth-order valence-electron chi connectivity index (χ4n) is 5.21. The Bertz CT molecular complexity index is 1480. The number of carbonyl (C=O) groups is 2. The zero-order valence-corrected chi connectivity index (χ0v) is 25.9. The maximum absolute atomic E-state index is 14.1.